The van der Waals surface area contributed by atoms with Gasteiger partial charge in [0.25, 0.3) is 0 Å². The second-order valence-electron chi connectivity index (χ2n) is 6.25. The fourth-order valence-corrected chi connectivity index (χ4v) is 5.00. The molecule has 3 heterocycles. The second kappa shape index (κ2) is 8.11. The monoisotopic (exact) mass is 440 g/mol. The van der Waals surface area contributed by atoms with Gasteiger partial charge in [-0.25, -0.2) is 27.9 Å². The van der Waals surface area contributed by atoms with E-state index in [0.29, 0.717) is 22.9 Å². The number of rotatable bonds is 7. The highest BCUT2D eigenvalue weighted by Crippen LogP contribution is 2.32. The fourth-order valence-electron chi connectivity index (χ4n) is 2.57. The number of hydrogen-bond acceptors (Lipinski definition) is 9. The molecule has 0 saturated heterocycles. The molecule has 8 nitrogen and oxygen atoms in total. The summed E-state index contributed by atoms with van der Waals surface area (Å²) in [5.41, 5.74) is 7.10. The van der Waals surface area contributed by atoms with E-state index in [-0.39, 0.29) is 13.2 Å². The maximum absolute atomic E-state index is 12.3. The lowest BCUT2D eigenvalue weighted by Crippen LogP contribution is -2.23. The third kappa shape index (κ3) is 4.85. The van der Waals surface area contributed by atoms with Gasteiger partial charge in [-0.15, -0.1) is 22.7 Å². The summed E-state index contributed by atoms with van der Waals surface area (Å²) in [6.07, 6.45) is 1.60. The molecule has 0 unspecified atom stereocenters. The van der Waals surface area contributed by atoms with E-state index < -0.39 is 16.0 Å². The molecule has 3 aromatic rings. The molecule has 0 spiro atoms. The van der Waals surface area contributed by atoms with Gasteiger partial charge in [0.05, 0.1) is 11.6 Å². The average molecular weight is 441 g/mol. The summed E-state index contributed by atoms with van der Waals surface area (Å²) in [6.45, 7) is 4.19. The Morgan fingerprint density at radius 2 is 2.00 bits per heavy atom. The molecule has 3 aromatic heterocycles. The van der Waals surface area contributed by atoms with Gasteiger partial charge in [-0.05, 0) is 38.0 Å². The minimum Gasteiger partial charge on any atom is -0.453 e. The Morgan fingerprint density at radius 3 is 2.71 bits per heavy atom. The van der Waals surface area contributed by atoms with Crippen LogP contribution in [0.5, 0.6) is 0 Å². The predicted molar refractivity (Wildman–Crippen MR) is 111 cm³/mol. The maximum Gasteiger partial charge on any atom is 0.348 e. The number of nitrogens with zero attached hydrogens (tertiary/aromatic N) is 2. The number of nitrogens with two attached hydrogens (primary N) is 1. The van der Waals surface area contributed by atoms with Crippen LogP contribution in [-0.4, -0.2) is 37.2 Å². The lowest BCUT2D eigenvalue weighted by molar-refractivity contribution is 0.0468. The van der Waals surface area contributed by atoms with Crippen LogP contribution in [0.15, 0.2) is 12.1 Å². The summed E-state index contributed by atoms with van der Waals surface area (Å²) in [6, 6.07) is 3.44. The molecule has 0 aliphatic carbocycles. The van der Waals surface area contributed by atoms with Crippen molar-refractivity contribution in [3.8, 4) is 0 Å². The molecule has 11 heteroatoms. The number of sulfonamides is 1. The van der Waals surface area contributed by atoms with Crippen molar-refractivity contribution in [1.29, 1.82) is 0 Å². The van der Waals surface area contributed by atoms with E-state index in [1.807, 2.05) is 13.8 Å². The zero-order chi connectivity index (χ0) is 20.5. The molecule has 0 atom stereocenters. The van der Waals surface area contributed by atoms with Crippen LogP contribution in [0.3, 0.4) is 0 Å². The van der Waals surface area contributed by atoms with Gasteiger partial charge in [-0.1, -0.05) is 0 Å². The summed E-state index contributed by atoms with van der Waals surface area (Å²) in [7, 11) is -3.22. The number of carbonyl (C=O) groups excluding carboxylic acids is 1. The normalized spacial score (nSPS) is 11.8. The predicted octanol–water partition coefficient (Wildman–Crippen LogP) is 2.40. The Hall–Kier alpha value is -2.08. The highest BCUT2D eigenvalue weighted by molar-refractivity contribution is 7.88. The lowest BCUT2D eigenvalue weighted by atomic mass is 10.2. The standard InChI is InChI=1S/C17H20N4O4S3/c1-9-10(2)26-16-14(9)15(18)20-13(21-16)8-25-17(22)12-5-4-11(27-12)6-7-19-28(3,23)24/h4-5,19H,6-8H2,1-3H3,(H2,18,20,21). The number of nitrogens with one attached hydrogen (secondary N) is 1. The molecule has 0 aliphatic heterocycles. The van der Waals surface area contributed by atoms with Crippen molar-refractivity contribution in [2.24, 2.45) is 0 Å². The third-order valence-electron chi connectivity index (χ3n) is 4.03. The quantitative estimate of drug-likeness (QED) is 0.541. The van der Waals surface area contributed by atoms with Crippen molar-refractivity contribution in [2.45, 2.75) is 26.9 Å². The third-order valence-corrected chi connectivity index (χ3v) is 6.99. The number of thiophene rings is 2. The summed E-state index contributed by atoms with van der Waals surface area (Å²) >= 11 is 2.80. The van der Waals surface area contributed by atoms with E-state index in [4.69, 9.17) is 10.5 Å². The van der Waals surface area contributed by atoms with Gasteiger partial charge in [-0.2, -0.15) is 0 Å². The first-order chi connectivity index (χ1) is 13.1. The molecular formula is C17H20N4O4S3. The lowest BCUT2D eigenvalue weighted by Gasteiger charge is -2.04. The van der Waals surface area contributed by atoms with Gasteiger partial charge < -0.3 is 10.5 Å². The number of nitrogen functional groups attached to an aromatic ring is 1. The molecular weight excluding hydrogens is 420 g/mol. The van der Waals surface area contributed by atoms with Crippen molar-refractivity contribution in [2.75, 3.05) is 18.5 Å². The smallest absolute Gasteiger partial charge is 0.348 e. The Bertz CT molecular complexity index is 1130. The first kappa shape index (κ1) is 20.6. The van der Waals surface area contributed by atoms with Gasteiger partial charge in [0, 0.05) is 16.3 Å². The largest absolute Gasteiger partial charge is 0.453 e. The second-order valence-corrected chi connectivity index (χ2v) is 10.5. The van der Waals surface area contributed by atoms with Crippen LogP contribution in [0.25, 0.3) is 10.2 Å². The molecule has 0 amide bonds. The summed E-state index contributed by atoms with van der Waals surface area (Å²) in [4.78, 5) is 24.2. The molecule has 0 radical (unpaired) electrons. The first-order valence-corrected chi connectivity index (χ1v) is 11.9. The van der Waals surface area contributed by atoms with Crippen molar-refractivity contribution in [3.05, 3.63) is 38.2 Å². The number of esters is 1. The van der Waals surface area contributed by atoms with Crippen molar-refractivity contribution in [3.63, 3.8) is 0 Å². The molecule has 3 N–H and O–H groups in total. The van der Waals surface area contributed by atoms with Gasteiger partial charge in [0.1, 0.15) is 15.5 Å². The molecule has 28 heavy (non-hydrogen) atoms. The van der Waals surface area contributed by atoms with Gasteiger partial charge >= 0.3 is 5.97 Å². The van der Waals surface area contributed by atoms with Crippen LogP contribution in [0.2, 0.25) is 0 Å². The minimum atomic E-state index is -3.22. The number of fused-ring (bicyclic) bond motifs is 1. The summed E-state index contributed by atoms with van der Waals surface area (Å²) < 4.78 is 29.9. The summed E-state index contributed by atoms with van der Waals surface area (Å²) in [5.74, 6) is 0.261. The van der Waals surface area contributed by atoms with E-state index in [2.05, 4.69) is 14.7 Å². The first-order valence-electron chi connectivity index (χ1n) is 8.36. The van der Waals surface area contributed by atoms with Crippen LogP contribution in [-0.2, 0) is 27.8 Å². The van der Waals surface area contributed by atoms with Crippen LogP contribution in [0.4, 0.5) is 5.82 Å². The van der Waals surface area contributed by atoms with Crippen LogP contribution < -0.4 is 10.5 Å². The molecule has 0 bridgehead atoms. The van der Waals surface area contributed by atoms with Gasteiger partial charge in [-0.3, -0.25) is 0 Å². The zero-order valence-corrected chi connectivity index (χ0v) is 18.1. The molecule has 0 fully saturated rings. The number of carbonyl (C=O) groups is 1. The number of ether oxygens (including phenoxy) is 1. The zero-order valence-electron chi connectivity index (χ0n) is 15.6. The average Bonchev–Trinajstić information content (AvgIpc) is 3.17. The fraction of sp³-hybridized carbons (Fsp3) is 0.353. The van der Waals surface area contributed by atoms with E-state index >= 15 is 0 Å². The van der Waals surface area contributed by atoms with Crippen LogP contribution in [0.1, 0.15) is 30.8 Å². The van der Waals surface area contributed by atoms with Crippen molar-refractivity contribution >= 4 is 54.7 Å². The summed E-state index contributed by atoms with van der Waals surface area (Å²) in [5, 5.41) is 0.850. The maximum atomic E-state index is 12.3. The Kier molecular flexibility index (Phi) is 5.98. The molecule has 0 aliphatic rings. The van der Waals surface area contributed by atoms with E-state index in [0.717, 1.165) is 31.8 Å². The van der Waals surface area contributed by atoms with Crippen molar-refractivity contribution in [1.82, 2.24) is 14.7 Å². The number of aryl methyl sites for hydroxylation is 2. The van der Waals surface area contributed by atoms with Crippen LogP contribution >= 0.6 is 22.7 Å². The van der Waals surface area contributed by atoms with Gasteiger partial charge in [0.2, 0.25) is 10.0 Å². The highest BCUT2D eigenvalue weighted by atomic mass is 32.2. The molecule has 3 rings (SSSR count). The topological polar surface area (TPSA) is 124 Å². The van der Waals surface area contributed by atoms with E-state index in [1.54, 1.807) is 12.1 Å². The Morgan fingerprint density at radius 1 is 1.25 bits per heavy atom. The number of hydrogen-bond donors (Lipinski definition) is 2. The number of anilines is 1. The van der Waals surface area contributed by atoms with Crippen molar-refractivity contribution < 1.29 is 17.9 Å². The molecule has 0 saturated carbocycles. The SMILES string of the molecule is Cc1sc2nc(COC(=O)c3ccc(CCNS(C)(=O)=O)s3)nc(N)c2c1C. The van der Waals surface area contributed by atoms with Crippen LogP contribution in [0, 0.1) is 13.8 Å². The minimum absolute atomic E-state index is 0.0716. The highest BCUT2D eigenvalue weighted by Gasteiger charge is 2.15. The Labute approximate surface area is 170 Å². The molecule has 0 aromatic carbocycles. The molecule has 150 valence electrons. The number of aromatic nitrogens is 2. The van der Waals surface area contributed by atoms with E-state index in [1.165, 1.54) is 22.7 Å². The Balaban J connectivity index is 1.62. The van der Waals surface area contributed by atoms with E-state index in [9.17, 15) is 13.2 Å². The van der Waals surface area contributed by atoms with Gasteiger partial charge in [0.15, 0.2) is 12.4 Å².